The lowest BCUT2D eigenvalue weighted by molar-refractivity contribution is -0.149. The number of carbonyl (C=O) groups is 5. The van der Waals surface area contributed by atoms with E-state index in [1.54, 1.807) is 36.3 Å². The molecule has 2 aromatic rings. The number of nitrogens with one attached hydrogen (secondary N) is 2. The molecular formula is C45H70N6O8S. The summed E-state index contributed by atoms with van der Waals surface area (Å²) in [7, 11) is 0. The molecule has 0 radical (unpaired) electrons. The molecule has 1 saturated heterocycles. The lowest BCUT2D eigenvalue weighted by Gasteiger charge is -2.40. The summed E-state index contributed by atoms with van der Waals surface area (Å²) in [6.45, 7) is 20.7. The highest BCUT2D eigenvalue weighted by molar-refractivity contribution is 7.09. The molecular weight excluding hydrogens is 785 g/mol. The third kappa shape index (κ3) is 13.8. The Labute approximate surface area is 360 Å². The van der Waals surface area contributed by atoms with Gasteiger partial charge in [0.25, 0.3) is 5.91 Å². The molecule has 1 aromatic heterocycles. The number of rotatable bonds is 25. The summed E-state index contributed by atoms with van der Waals surface area (Å²) in [5, 5.41) is 27.7. The maximum atomic E-state index is 15.0. The number of hydrogen-bond donors (Lipinski definition) is 5. The lowest BCUT2D eigenvalue weighted by atomic mass is 9.84. The zero-order chi connectivity index (χ0) is 44.8. The van der Waals surface area contributed by atoms with Crippen LogP contribution in [0.1, 0.15) is 140 Å². The predicted octanol–water partition coefficient (Wildman–Crippen LogP) is 6.38. The van der Waals surface area contributed by atoms with E-state index >= 15 is 0 Å². The molecule has 1 fully saturated rings. The molecule has 14 nitrogen and oxygen atoms in total. The zero-order valence-corrected chi connectivity index (χ0v) is 37.9. The predicted molar refractivity (Wildman–Crippen MR) is 234 cm³/mol. The van der Waals surface area contributed by atoms with E-state index in [1.807, 2.05) is 27.7 Å². The van der Waals surface area contributed by atoms with E-state index in [0.717, 1.165) is 55.5 Å². The maximum absolute atomic E-state index is 15.0. The first-order valence-electron chi connectivity index (χ1n) is 21.4. The number of benzene rings is 1. The number of esters is 1. The third-order valence-electron chi connectivity index (χ3n) is 11.8. The number of thiazole rings is 1. The van der Waals surface area contributed by atoms with E-state index in [9.17, 15) is 34.2 Å². The van der Waals surface area contributed by atoms with Gasteiger partial charge >= 0.3 is 11.9 Å². The molecule has 3 rings (SSSR count). The zero-order valence-electron chi connectivity index (χ0n) is 37.1. The van der Waals surface area contributed by atoms with Crippen LogP contribution in [0.2, 0.25) is 0 Å². The number of aromatic nitrogens is 1. The molecule has 15 heteroatoms. The van der Waals surface area contributed by atoms with Crippen molar-refractivity contribution in [2.75, 3.05) is 26.2 Å². The number of phenols is 1. The van der Waals surface area contributed by atoms with Crippen molar-refractivity contribution in [1.29, 1.82) is 0 Å². The van der Waals surface area contributed by atoms with Gasteiger partial charge < -0.3 is 36.2 Å². The quantitative estimate of drug-likeness (QED) is 0.0421. The molecule has 0 unspecified atom stereocenters. The number of unbranched alkanes of at least 4 members (excludes halogenated alkanes) is 3. The summed E-state index contributed by atoms with van der Waals surface area (Å²) in [6, 6.07) is 4.47. The number of nitrogens with zero attached hydrogens (tertiary/aromatic N) is 3. The van der Waals surface area contributed by atoms with Crippen LogP contribution in [0.3, 0.4) is 0 Å². The number of nitrogens with two attached hydrogens (primary N) is 1. The van der Waals surface area contributed by atoms with Gasteiger partial charge in [0.05, 0.1) is 17.0 Å². The summed E-state index contributed by atoms with van der Waals surface area (Å²) in [5.74, 6) is -2.64. The fourth-order valence-corrected chi connectivity index (χ4v) is 8.71. The van der Waals surface area contributed by atoms with Gasteiger partial charge in [-0.15, -0.1) is 11.3 Å². The average Bonchev–Trinajstić information content (AvgIpc) is 3.84. The molecule has 6 N–H and O–H groups in total. The Morgan fingerprint density at radius 1 is 1.10 bits per heavy atom. The lowest BCUT2D eigenvalue weighted by Crippen LogP contribution is -2.61. The molecule has 334 valence electrons. The fourth-order valence-electron chi connectivity index (χ4n) is 7.87. The van der Waals surface area contributed by atoms with Crippen LogP contribution in [-0.4, -0.2) is 105 Å². The average molecular weight is 855 g/mol. The molecule has 6 atom stereocenters. The van der Waals surface area contributed by atoms with Crippen LogP contribution in [-0.2, 0) is 30.3 Å². The number of carboxylic acids is 1. The summed E-state index contributed by atoms with van der Waals surface area (Å²) < 4.78 is 5.88. The number of likely N-dealkylation sites (tertiary alicyclic amines) is 1. The van der Waals surface area contributed by atoms with E-state index < -0.39 is 53.0 Å². The molecule has 1 aromatic carbocycles. The van der Waals surface area contributed by atoms with Crippen molar-refractivity contribution in [2.24, 2.45) is 17.1 Å². The Morgan fingerprint density at radius 3 is 2.37 bits per heavy atom. The van der Waals surface area contributed by atoms with Crippen molar-refractivity contribution in [3.63, 3.8) is 0 Å². The first-order valence-corrected chi connectivity index (χ1v) is 22.3. The van der Waals surface area contributed by atoms with E-state index in [2.05, 4.69) is 34.0 Å². The highest BCUT2D eigenvalue weighted by Crippen LogP contribution is 2.33. The van der Waals surface area contributed by atoms with Gasteiger partial charge in [0, 0.05) is 44.4 Å². The second kappa shape index (κ2) is 23.0. The van der Waals surface area contributed by atoms with Crippen molar-refractivity contribution < 1.29 is 38.9 Å². The number of carbonyl (C=O) groups excluding carboxylic acids is 4. The van der Waals surface area contributed by atoms with E-state index in [-0.39, 0.29) is 42.0 Å². The summed E-state index contributed by atoms with van der Waals surface area (Å²) in [4.78, 5) is 76.0. The van der Waals surface area contributed by atoms with Crippen molar-refractivity contribution in [3.8, 4) is 5.75 Å². The highest BCUT2D eigenvalue weighted by Gasteiger charge is 2.45. The van der Waals surface area contributed by atoms with Gasteiger partial charge in [0.2, 0.25) is 11.8 Å². The first kappa shape index (κ1) is 50.0. The second-order valence-corrected chi connectivity index (χ2v) is 18.2. The number of aliphatic carboxylic acids is 1. The normalized spacial score (nSPS) is 18.1. The molecule has 0 bridgehead atoms. The van der Waals surface area contributed by atoms with Crippen LogP contribution < -0.4 is 16.4 Å². The van der Waals surface area contributed by atoms with Crippen molar-refractivity contribution in [2.45, 2.75) is 149 Å². The number of hydrogen-bond acceptors (Lipinski definition) is 11. The Hall–Kier alpha value is -4.34. The molecule has 3 amide bonds. The number of phenolic OH excluding ortho intramolecular Hbond substituents is 1. The van der Waals surface area contributed by atoms with Gasteiger partial charge in [0.1, 0.15) is 22.5 Å². The molecule has 1 aliphatic rings. The topological polar surface area (TPSA) is 204 Å². The number of amides is 3. The van der Waals surface area contributed by atoms with Gasteiger partial charge in [-0.2, -0.15) is 0 Å². The number of carboxylic acid groups (broad SMARTS) is 1. The SMILES string of the molecule is C=C(C)[C@@H](C[C@@H](OC(C)=O)c1nc(C(=O)N[C@@H](Cc2ccc(O)cc2)CC(C)(C)C(=O)O)cs1)N(CCCCCC)C(=O)[C@@H](NC(=O)[C@@]1(C)CCCN1CCN)[C@@H](C)CC. The van der Waals surface area contributed by atoms with Crippen molar-refractivity contribution in [1.82, 2.24) is 25.4 Å². The summed E-state index contributed by atoms with van der Waals surface area (Å²) >= 11 is 1.14. The van der Waals surface area contributed by atoms with Crippen LogP contribution in [0.5, 0.6) is 5.75 Å². The highest BCUT2D eigenvalue weighted by atomic mass is 32.1. The Balaban J connectivity index is 1.96. The van der Waals surface area contributed by atoms with Crippen LogP contribution in [0.15, 0.2) is 41.8 Å². The van der Waals surface area contributed by atoms with Crippen LogP contribution in [0.25, 0.3) is 0 Å². The minimum atomic E-state index is -1.16. The first-order chi connectivity index (χ1) is 28.3. The molecule has 60 heavy (non-hydrogen) atoms. The van der Waals surface area contributed by atoms with E-state index in [0.29, 0.717) is 49.5 Å². The van der Waals surface area contributed by atoms with E-state index in [1.165, 1.54) is 19.1 Å². The summed E-state index contributed by atoms with van der Waals surface area (Å²) in [6.07, 6.45) is 5.36. The second-order valence-electron chi connectivity index (χ2n) is 17.3. The van der Waals surface area contributed by atoms with Crippen LogP contribution >= 0.6 is 11.3 Å². The monoisotopic (exact) mass is 854 g/mol. The maximum Gasteiger partial charge on any atom is 0.309 e. The number of ether oxygens (including phenoxy) is 1. The molecule has 2 heterocycles. The molecule has 0 aliphatic carbocycles. The van der Waals surface area contributed by atoms with Crippen molar-refractivity contribution >= 4 is 41.0 Å². The van der Waals surface area contributed by atoms with Crippen LogP contribution in [0.4, 0.5) is 0 Å². The Bertz CT molecular complexity index is 1770. The summed E-state index contributed by atoms with van der Waals surface area (Å²) in [5.41, 5.74) is 5.48. The smallest absolute Gasteiger partial charge is 0.309 e. The Kier molecular flexibility index (Phi) is 19.2. The minimum absolute atomic E-state index is 0.0685. The van der Waals surface area contributed by atoms with Gasteiger partial charge in [-0.3, -0.25) is 28.9 Å². The van der Waals surface area contributed by atoms with Gasteiger partial charge in [-0.25, -0.2) is 4.98 Å². The standard InChI is InChI=1S/C45H70N6O8S/c1-10-12-13-14-23-51(41(55)38(30(5)11-2)49-42(56)45(9)20-15-22-50(45)24-21-46)36(29(3)4)26-37(59-31(6)52)40-48-35(28-60-40)39(54)47-33(27-44(7,8)43(57)58)25-32-16-18-34(53)19-17-32/h16-19,28,30,33,36-38,53H,3,10-15,20-27,46H2,1-2,4-9H3,(H,47,54)(H,49,56)(H,57,58)/t30-,33-,36+,37+,38-,45+/m0/s1. The van der Waals surface area contributed by atoms with E-state index in [4.69, 9.17) is 10.5 Å². The third-order valence-corrected chi connectivity index (χ3v) is 12.7. The number of aromatic hydroxyl groups is 1. The van der Waals surface area contributed by atoms with Crippen molar-refractivity contribution in [3.05, 3.63) is 58.1 Å². The van der Waals surface area contributed by atoms with Gasteiger partial charge in [-0.05, 0) is 90.0 Å². The molecule has 0 spiro atoms. The van der Waals surface area contributed by atoms with Gasteiger partial charge in [-0.1, -0.05) is 70.7 Å². The molecule has 0 saturated carbocycles. The Morgan fingerprint density at radius 2 is 1.78 bits per heavy atom. The minimum Gasteiger partial charge on any atom is -0.508 e. The van der Waals surface area contributed by atoms with Gasteiger partial charge in [0.15, 0.2) is 6.10 Å². The fraction of sp³-hybridized carbons (Fsp3) is 0.644. The molecule has 1 aliphatic heterocycles. The van der Waals surface area contributed by atoms with Crippen LogP contribution in [0, 0.1) is 11.3 Å². The largest absolute Gasteiger partial charge is 0.508 e.